The highest BCUT2D eigenvalue weighted by Gasteiger charge is 2.31. The summed E-state index contributed by atoms with van der Waals surface area (Å²) in [5, 5.41) is 3.68. The summed E-state index contributed by atoms with van der Waals surface area (Å²) in [6.07, 6.45) is 2.61. The molecule has 2 aromatic carbocycles. The zero-order valence-corrected chi connectivity index (χ0v) is 10.5. The van der Waals surface area contributed by atoms with E-state index in [4.69, 9.17) is 0 Å². The highest BCUT2D eigenvalue weighted by molar-refractivity contribution is 5.24. The Kier molecular flexibility index (Phi) is 3.42. The summed E-state index contributed by atoms with van der Waals surface area (Å²) < 4.78 is 0. The normalized spacial score (nSPS) is 22.4. The second-order valence-corrected chi connectivity index (χ2v) is 5.07. The second-order valence-electron chi connectivity index (χ2n) is 5.07. The first-order chi connectivity index (χ1) is 8.93. The fourth-order valence-electron chi connectivity index (χ4n) is 2.69. The first-order valence-electron chi connectivity index (χ1n) is 6.76. The molecule has 1 unspecified atom stereocenters. The Balaban J connectivity index is 1.58. The second kappa shape index (κ2) is 5.36. The van der Waals surface area contributed by atoms with Crippen molar-refractivity contribution in [3.05, 3.63) is 71.8 Å². The van der Waals surface area contributed by atoms with Gasteiger partial charge in [0.2, 0.25) is 0 Å². The smallest absolute Gasteiger partial charge is 0.0208 e. The average Bonchev–Trinajstić information content (AvgIpc) is 2.40. The van der Waals surface area contributed by atoms with E-state index in [-0.39, 0.29) is 0 Å². The molecule has 1 heteroatoms. The fraction of sp³-hybridized carbons (Fsp3) is 0.294. The summed E-state index contributed by atoms with van der Waals surface area (Å²) in [6.45, 7) is 0.981. The van der Waals surface area contributed by atoms with E-state index in [0.29, 0.717) is 12.0 Å². The molecule has 3 rings (SSSR count). The zero-order valence-electron chi connectivity index (χ0n) is 10.5. The van der Waals surface area contributed by atoms with E-state index >= 15 is 0 Å². The van der Waals surface area contributed by atoms with Gasteiger partial charge in [0.25, 0.3) is 0 Å². The number of rotatable bonds is 4. The maximum absolute atomic E-state index is 3.68. The van der Waals surface area contributed by atoms with Crippen LogP contribution in [0.15, 0.2) is 60.7 Å². The first kappa shape index (κ1) is 11.5. The molecule has 1 saturated carbocycles. The number of hydrogen-bond donors (Lipinski definition) is 1. The third-order valence-corrected chi connectivity index (χ3v) is 3.91. The Morgan fingerprint density at radius 2 is 1.50 bits per heavy atom. The third-order valence-electron chi connectivity index (χ3n) is 3.91. The molecule has 1 nitrogen and oxygen atoms in total. The van der Waals surface area contributed by atoms with E-state index in [2.05, 4.69) is 66.0 Å². The molecular weight excluding hydrogens is 218 g/mol. The van der Waals surface area contributed by atoms with Crippen molar-refractivity contribution in [3.63, 3.8) is 0 Å². The van der Waals surface area contributed by atoms with Crippen molar-refractivity contribution in [2.75, 3.05) is 0 Å². The van der Waals surface area contributed by atoms with Crippen LogP contribution in [0.2, 0.25) is 0 Å². The van der Waals surface area contributed by atoms with Crippen molar-refractivity contribution in [1.82, 2.24) is 5.32 Å². The molecule has 2 aromatic rings. The Bertz CT molecular complexity index is 477. The summed E-state index contributed by atoms with van der Waals surface area (Å²) in [6, 6.07) is 22.2. The van der Waals surface area contributed by atoms with Crippen LogP contribution >= 0.6 is 0 Å². The molecule has 2 atom stereocenters. The molecule has 1 N–H and O–H groups in total. The van der Waals surface area contributed by atoms with Gasteiger partial charge in [-0.2, -0.15) is 0 Å². The molecule has 0 aromatic heterocycles. The van der Waals surface area contributed by atoms with E-state index in [0.717, 1.165) is 6.54 Å². The number of hydrogen-bond acceptors (Lipinski definition) is 1. The van der Waals surface area contributed by atoms with E-state index < -0.39 is 0 Å². The molecule has 0 aliphatic heterocycles. The van der Waals surface area contributed by atoms with Crippen LogP contribution in [0.4, 0.5) is 0 Å². The van der Waals surface area contributed by atoms with Crippen molar-refractivity contribution in [2.24, 2.45) is 0 Å². The van der Waals surface area contributed by atoms with Crippen LogP contribution in [0.1, 0.15) is 29.9 Å². The van der Waals surface area contributed by atoms with Gasteiger partial charge in [-0.3, -0.25) is 0 Å². The quantitative estimate of drug-likeness (QED) is 0.854. The maximum Gasteiger partial charge on any atom is 0.0208 e. The van der Waals surface area contributed by atoms with Crippen LogP contribution in [-0.4, -0.2) is 6.04 Å². The lowest BCUT2D eigenvalue weighted by Crippen LogP contribution is -2.41. The van der Waals surface area contributed by atoms with Crippen LogP contribution in [0.5, 0.6) is 0 Å². The van der Waals surface area contributed by atoms with E-state index in [1.54, 1.807) is 0 Å². The van der Waals surface area contributed by atoms with E-state index in [9.17, 15) is 0 Å². The van der Waals surface area contributed by atoms with Gasteiger partial charge < -0.3 is 5.32 Å². The summed E-state index contributed by atoms with van der Waals surface area (Å²) in [7, 11) is 0. The van der Waals surface area contributed by atoms with Gasteiger partial charge in [-0.25, -0.2) is 0 Å². The molecule has 0 spiro atoms. The molecule has 0 bridgehead atoms. The molecule has 0 radical (unpaired) electrons. The summed E-state index contributed by atoms with van der Waals surface area (Å²) in [4.78, 5) is 0. The fourth-order valence-corrected chi connectivity index (χ4v) is 2.69. The Morgan fingerprint density at radius 3 is 2.11 bits per heavy atom. The van der Waals surface area contributed by atoms with Crippen LogP contribution < -0.4 is 5.32 Å². The zero-order chi connectivity index (χ0) is 12.2. The highest BCUT2D eigenvalue weighted by atomic mass is 14.9. The van der Waals surface area contributed by atoms with E-state index in [1.807, 2.05) is 0 Å². The van der Waals surface area contributed by atoms with Crippen molar-refractivity contribution in [1.29, 1.82) is 0 Å². The number of nitrogens with one attached hydrogen (secondary N) is 1. The van der Waals surface area contributed by atoms with Gasteiger partial charge in [0.1, 0.15) is 0 Å². The molecule has 0 saturated heterocycles. The molecule has 1 aliphatic carbocycles. The summed E-state index contributed by atoms with van der Waals surface area (Å²) >= 11 is 0. The van der Waals surface area contributed by atoms with Crippen LogP contribution in [0.3, 0.4) is 0 Å². The SMILES string of the molecule is c1ccc(CNC2CC[C@@H]2c2ccccc2)cc1. The molecule has 0 heterocycles. The minimum atomic E-state index is 0.646. The average molecular weight is 237 g/mol. The molecular formula is C17H19N. The maximum atomic E-state index is 3.68. The number of benzene rings is 2. The molecule has 0 amide bonds. The van der Waals surface area contributed by atoms with Crippen molar-refractivity contribution in [2.45, 2.75) is 31.3 Å². The van der Waals surface area contributed by atoms with Crippen LogP contribution in [-0.2, 0) is 6.54 Å². The van der Waals surface area contributed by atoms with E-state index in [1.165, 1.54) is 24.0 Å². The topological polar surface area (TPSA) is 12.0 Å². The molecule has 18 heavy (non-hydrogen) atoms. The van der Waals surface area contributed by atoms with Crippen molar-refractivity contribution >= 4 is 0 Å². The van der Waals surface area contributed by atoms with Crippen LogP contribution in [0, 0.1) is 0 Å². The van der Waals surface area contributed by atoms with Crippen LogP contribution in [0.25, 0.3) is 0 Å². The van der Waals surface area contributed by atoms with Gasteiger partial charge in [-0.1, -0.05) is 60.7 Å². The van der Waals surface area contributed by atoms with Gasteiger partial charge in [-0.05, 0) is 29.9 Å². The van der Waals surface area contributed by atoms with Gasteiger partial charge in [0.05, 0.1) is 0 Å². The van der Waals surface area contributed by atoms with Gasteiger partial charge >= 0.3 is 0 Å². The first-order valence-corrected chi connectivity index (χ1v) is 6.76. The summed E-state index contributed by atoms with van der Waals surface area (Å²) in [5.74, 6) is 0.704. The Hall–Kier alpha value is -1.60. The largest absolute Gasteiger partial charge is 0.309 e. The van der Waals surface area contributed by atoms with Crippen molar-refractivity contribution in [3.8, 4) is 0 Å². The Labute approximate surface area is 109 Å². The highest BCUT2D eigenvalue weighted by Crippen LogP contribution is 2.36. The minimum Gasteiger partial charge on any atom is -0.309 e. The standard InChI is InChI=1S/C17H19N/c1-3-7-14(8-4-1)13-18-17-12-11-16(17)15-9-5-2-6-10-15/h1-10,16-18H,11-13H2/t16-,17?/m1/s1. The predicted molar refractivity (Wildman–Crippen MR) is 75.5 cm³/mol. The lowest BCUT2D eigenvalue weighted by molar-refractivity contribution is 0.282. The summed E-state index contributed by atoms with van der Waals surface area (Å²) in [5.41, 5.74) is 2.85. The molecule has 92 valence electrons. The lowest BCUT2D eigenvalue weighted by atomic mass is 9.75. The monoisotopic (exact) mass is 237 g/mol. The molecule has 1 fully saturated rings. The lowest BCUT2D eigenvalue weighted by Gasteiger charge is -2.38. The van der Waals surface area contributed by atoms with Gasteiger partial charge in [0.15, 0.2) is 0 Å². The predicted octanol–water partition coefficient (Wildman–Crippen LogP) is 3.72. The molecule has 1 aliphatic rings. The van der Waals surface area contributed by atoms with Crippen molar-refractivity contribution < 1.29 is 0 Å². The minimum absolute atomic E-state index is 0.646. The Morgan fingerprint density at radius 1 is 0.833 bits per heavy atom. The third kappa shape index (κ3) is 2.46. The van der Waals surface area contributed by atoms with Gasteiger partial charge in [0, 0.05) is 12.6 Å². The van der Waals surface area contributed by atoms with Gasteiger partial charge in [-0.15, -0.1) is 0 Å².